The number of piperidine rings is 1. The Bertz CT molecular complexity index is 606. The Hall–Kier alpha value is -1.05. The minimum absolute atomic E-state index is 0. The van der Waals surface area contributed by atoms with E-state index in [4.69, 9.17) is 9.47 Å². The zero-order valence-electron chi connectivity index (χ0n) is 16.7. The van der Waals surface area contributed by atoms with Crippen LogP contribution in [0.2, 0.25) is 0 Å². The van der Waals surface area contributed by atoms with E-state index in [2.05, 4.69) is 27.7 Å². The second-order valence-corrected chi connectivity index (χ2v) is 7.19. The third-order valence-corrected chi connectivity index (χ3v) is 5.73. The number of carbonyl (C=O) groups is 1. The van der Waals surface area contributed by atoms with Gasteiger partial charge in [0, 0.05) is 13.7 Å². The smallest absolute Gasteiger partial charge is 0.252 e. The molecule has 2 aliphatic heterocycles. The summed E-state index contributed by atoms with van der Waals surface area (Å²) in [5.74, 6) is 0.860. The van der Waals surface area contributed by atoms with E-state index in [1.54, 1.807) is 14.2 Å². The van der Waals surface area contributed by atoms with Crippen molar-refractivity contribution in [2.75, 3.05) is 46.9 Å². The summed E-state index contributed by atoms with van der Waals surface area (Å²) in [4.78, 5) is 15.4. The van der Waals surface area contributed by atoms with E-state index < -0.39 is 5.60 Å². The first-order valence-electron chi connectivity index (χ1n) is 9.61. The van der Waals surface area contributed by atoms with Crippen molar-refractivity contribution in [3.63, 3.8) is 0 Å². The van der Waals surface area contributed by atoms with Gasteiger partial charge in [0.25, 0.3) is 5.91 Å². The molecule has 2 N–H and O–H groups in total. The number of hydrogen-bond acceptors (Lipinski definition) is 5. The Morgan fingerprint density at radius 3 is 2.50 bits per heavy atom. The summed E-state index contributed by atoms with van der Waals surface area (Å²) in [5, 5.41) is 6.48. The average molecular weight is 434 g/mol. The van der Waals surface area contributed by atoms with Crippen LogP contribution in [-0.4, -0.2) is 63.4 Å². The molecule has 1 atom stereocenters. The third kappa shape index (κ3) is 5.74. The fourth-order valence-corrected chi connectivity index (χ4v) is 4.06. The fraction of sp³-hybridized carbons (Fsp3) is 0.650. The van der Waals surface area contributed by atoms with Gasteiger partial charge in [-0.25, -0.2) is 0 Å². The molecule has 2 fully saturated rings. The molecule has 0 spiro atoms. The largest absolute Gasteiger partial charge is 0.497 e. The van der Waals surface area contributed by atoms with Crippen LogP contribution < -0.4 is 15.4 Å². The molecule has 2 aliphatic rings. The number of rotatable bonds is 7. The predicted molar refractivity (Wildman–Crippen MR) is 116 cm³/mol. The molecule has 2 heterocycles. The molecule has 1 aromatic rings. The molecule has 28 heavy (non-hydrogen) atoms. The number of ether oxygens (including phenoxy) is 2. The lowest BCUT2D eigenvalue weighted by Crippen LogP contribution is -2.55. The maximum absolute atomic E-state index is 12.9. The van der Waals surface area contributed by atoms with Gasteiger partial charge in [0.15, 0.2) is 0 Å². The van der Waals surface area contributed by atoms with Gasteiger partial charge in [-0.1, -0.05) is 12.1 Å². The third-order valence-electron chi connectivity index (χ3n) is 5.73. The van der Waals surface area contributed by atoms with Gasteiger partial charge in [-0.15, -0.1) is 24.8 Å². The highest BCUT2D eigenvalue weighted by molar-refractivity contribution is 5.86. The molecule has 3 rings (SSSR count). The molecule has 0 saturated carbocycles. The maximum Gasteiger partial charge on any atom is 0.252 e. The molecular weight excluding hydrogens is 401 g/mol. The summed E-state index contributed by atoms with van der Waals surface area (Å²) in [6.07, 6.45) is 3.84. The highest BCUT2D eigenvalue weighted by atomic mass is 35.5. The van der Waals surface area contributed by atoms with Crippen LogP contribution in [0.25, 0.3) is 0 Å². The average Bonchev–Trinajstić information content (AvgIpc) is 3.23. The quantitative estimate of drug-likeness (QED) is 0.691. The lowest BCUT2D eigenvalue weighted by Gasteiger charge is -2.36. The Morgan fingerprint density at radius 1 is 1.21 bits per heavy atom. The van der Waals surface area contributed by atoms with Crippen molar-refractivity contribution in [3.8, 4) is 5.75 Å². The maximum atomic E-state index is 12.9. The molecule has 0 radical (unpaired) electrons. The monoisotopic (exact) mass is 433 g/mol. The van der Waals surface area contributed by atoms with E-state index in [0.717, 1.165) is 31.9 Å². The zero-order valence-corrected chi connectivity index (χ0v) is 18.4. The second-order valence-electron chi connectivity index (χ2n) is 7.19. The Morgan fingerprint density at radius 2 is 1.89 bits per heavy atom. The molecule has 1 aromatic carbocycles. The lowest BCUT2D eigenvalue weighted by atomic mass is 9.91. The van der Waals surface area contributed by atoms with Crippen molar-refractivity contribution in [2.24, 2.45) is 0 Å². The molecular formula is C20H33Cl2N3O3. The van der Waals surface area contributed by atoms with E-state index in [9.17, 15) is 4.79 Å². The van der Waals surface area contributed by atoms with Crippen molar-refractivity contribution in [1.29, 1.82) is 0 Å². The second kappa shape index (κ2) is 11.8. The van der Waals surface area contributed by atoms with Crippen LogP contribution in [0.15, 0.2) is 24.3 Å². The Labute approximate surface area is 180 Å². The van der Waals surface area contributed by atoms with Crippen molar-refractivity contribution >= 4 is 30.7 Å². The lowest BCUT2D eigenvalue weighted by molar-refractivity contribution is -0.146. The molecule has 2 saturated heterocycles. The molecule has 160 valence electrons. The first-order valence-corrected chi connectivity index (χ1v) is 9.61. The number of methoxy groups -OCH3 is 2. The number of nitrogens with one attached hydrogen (secondary N) is 2. The number of hydrogen-bond donors (Lipinski definition) is 2. The van der Waals surface area contributed by atoms with E-state index in [0.29, 0.717) is 19.4 Å². The Balaban J connectivity index is 0.00000196. The summed E-state index contributed by atoms with van der Waals surface area (Å²) in [5.41, 5.74) is 0.484. The van der Waals surface area contributed by atoms with Crippen LogP contribution in [0, 0.1) is 0 Å². The van der Waals surface area contributed by atoms with Gasteiger partial charge in [0.2, 0.25) is 0 Å². The summed E-state index contributed by atoms with van der Waals surface area (Å²) < 4.78 is 11.0. The van der Waals surface area contributed by atoms with E-state index in [-0.39, 0.29) is 36.8 Å². The fourth-order valence-electron chi connectivity index (χ4n) is 4.06. The van der Waals surface area contributed by atoms with Crippen LogP contribution in [0.4, 0.5) is 0 Å². The molecule has 6 nitrogen and oxygen atoms in total. The van der Waals surface area contributed by atoms with Gasteiger partial charge in [-0.05, 0) is 69.6 Å². The standard InChI is InChI=1S/C20H31N3O3.2ClH/c1-25-17-7-5-6-16(14-17)18(23-12-3-4-13-23)15-22-19(24)20(26-2)8-10-21-11-9-20;;/h5-7,14,18,21H,3-4,8-13,15H2,1-2H3,(H,22,24);2*1H. The minimum Gasteiger partial charge on any atom is -0.497 e. The summed E-state index contributed by atoms with van der Waals surface area (Å²) >= 11 is 0. The van der Waals surface area contributed by atoms with Crippen LogP contribution in [0.3, 0.4) is 0 Å². The Kier molecular flexibility index (Phi) is 10.6. The molecule has 0 aliphatic carbocycles. The van der Waals surface area contributed by atoms with Crippen LogP contribution in [-0.2, 0) is 9.53 Å². The number of amides is 1. The van der Waals surface area contributed by atoms with Crippen molar-refractivity contribution in [2.45, 2.75) is 37.3 Å². The molecule has 1 unspecified atom stereocenters. The number of likely N-dealkylation sites (tertiary alicyclic amines) is 1. The normalized spacial score (nSPS) is 19.8. The number of halogens is 2. The number of carbonyl (C=O) groups excluding carboxylic acids is 1. The SMILES string of the molecule is COc1cccc(C(CNC(=O)C2(OC)CCNCC2)N2CCCC2)c1.Cl.Cl. The van der Waals surface area contributed by atoms with Gasteiger partial charge >= 0.3 is 0 Å². The van der Waals surface area contributed by atoms with E-state index >= 15 is 0 Å². The van der Waals surface area contributed by atoms with Crippen LogP contribution in [0.1, 0.15) is 37.3 Å². The van der Waals surface area contributed by atoms with Gasteiger partial charge in [0.05, 0.1) is 13.2 Å². The first-order chi connectivity index (χ1) is 12.7. The zero-order chi connectivity index (χ0) is 18.4. The molecule has 0 bridgehead atoms. The van der Waals surface area contributed by atoms with Crippen LogP contribution >= 0.6 is 24.8 Å². The highest BCUT2D eigenvalue weighted by Crippen LogP contribution is 2.28. The topological polar surface area (TPSA) is 62.8 Å². The summed E-state index contributed by atoms with van der Waals surface area (Å²) in [7, 11) is 3.33. The van der Waals surface area contributed by atoms with Crippen molar-refractivity contribution in [1.82, 2.24) is 15.5 Å². The van der Waals surface area contributed by atoms with Gasteiger partial charge in [0.1, 0.15) is 11.4 Å². The minimum atomic E-state index is -0.699. The van der Waals surface area contributed by atoms with Gasteiger partial charge in [-0.2, -0.15) is 0 Å². The molecule has 0 aromatic heterocycles. The highest BCUT2D eigenvalue weighted by Gasteiger charge is 2.40. The summed E-state index contributed by atoms with van der Waals surface area (Å²) in [6, 6.07) is 8.33. The van der Waals surface area contributed by atoms with Crippen LogP contribution in [0.5, 0.6) is 5.75 Å². The van der Waals surface area contributed by atoms with Crippen molar-refractivity contribution < 1.29 is 14.3 Å². The van der Waals surface area contributed by atoms with E-state index in [1.165, 1.54) is 18.4 Å². The summed E-state index contributed by atoms with van der Waals surface area (Å²) in [6.45, 7) is 4.35. The number of benzene rings is 1. The first kappa shape index (κ1) is 25.0. The molecule has 1 amide bonds. The predicted octanol–water partition coefficient (Wildman–Crippen LogP) is 2.56. The number of nitrogens with zero attached hydrogens (tertiary/aromatic N) is 1. The van der Waals surface area contributed by atoms with Gasteiger partial charge in [-0.3, -0.25) is 9.69 Å². The molecule has 8 heteroatoms. The van der Waals surface area contributed by atoms with Crippen molar-refractivity contribution in [3.05, 3.63) is 29.8 Å². The van der Waals surface area contributed by atoms with Gasteiger partial charge < -0.3 is 20.1 Å². The van der Waals surface area contributed by atoms with E-state index in [1.807, 2.05) is 12.1 Å².